The predicted octanol–water partition coefficient (Wildman–Crippen LogP) is 2.37. The Bertz CT molecular complexity index is 422. The Morgan fingerprint density at radius 3 is 2.80 bits per heavy atom. The van der Waals surface area contributed by atoms with Crippen molar-refractivity contribution in [1.29, 1.82) is 0 Å². The molecule has 0 saturated carbocycles. The third-order valence-electron chi connectivity index (χ3n) is 4.50. The number of aromatic nitrogens is 2. The molecular weight excluding hydrogens is 250 g/mol. The molecule has 0 spiro atoms. The molecule has 2 unspecified atom stereocenters. The van der Waals surface area contributed by atoms with Crippen LogP contribution >= 0.6 is 0 Å². The number of hydrogen-bond donors (Lipinski definition) is 1. The van der Waals surface area contributed by atoms with E-state index in [-0.39, 0.29) is 0 Å². The van der Waals surface area contributed by atoms with Gasteiger partial charge < -0.3 is 10.1 Å². The standard InChI is InChI=1S/C16H29N3O/c1-5-8-17-16(14-7-6-9-20-11-14)10-15-12(2)18-19(4)13(15)3/h14,16-17H,5-11H2,1-4H3. The average molecular weight is 279 g/mol. The van der Waals surface area contributed by atoms with E-state index in [2.05, 4.69) is 31.2 Å². The fourth-order valence-electron chi connectivity index (χ4n) is 3.15. The summed E-state index contributed by atoms with van der Waals surface area (Å²) in [7, 11) is 2.03. The highest BCUT2D eigenvalue weighted by Crippen LogP contribution is 2.23. The second kappa shape index (κ2) is 7.23. The van der Waals surface area contributed by atoms with Gasteiger partial charge in [-0.3, -0.25) is 4.68 Å². The molecule has 0 amide bonds. The molecule has 0 radical (unpaired) electrons. The van der Waals surface area contributed by atoms with Crippen LogP contribution in [0.4, 0.5) is 0 Å². The van der Waals surface area contributed by atoms with Gasteiger partial charge in [-0.15, -0.1) is 0 Å². The number of aryl methyl sites for hydroxylation is 2. The van der Waals surface area contributed by atoms with Gasteiger partial charge in [-0.2, -0.15) is 5.10 Å². The van der Waals surface area contributed by atoms with Gasteiger partial charge in [0.05, 0.1) is 12.3 Å². The summed E-state index contributed by atoms with van der Waals surface area (Å²) >= 11 is 0. The van der Waals surface area contributed by atoms with Crippen LogP contribution in [-0.2, 0) is 18.2 Å². The van der Waals surface area contributed by atoms with Gasteiger partial charge in [0.15, 0.2) is 0 Å². The molecule has 4 nitrogen and oxygen atoms in total. The second-order valence-corrected chi connectivity index (χ2v) is 6.01. The maximum Gasteiger partial charge on any atom is 0.0628 e. The van der Waals surface area contributed by atoms with Gasteiger partial charge in [0, 0.05) is 25.4 Å². The van der Waals surface area contributed by atoms with E-state index in [9.17, 15) is 0 Å². The predicted molar refractivity (Wildman–Crippen MR) is 82.0 cm³/mol. The summed E-state index contributed by atoms with van der Waals surface area (Å²) in [6, 6.07) is 0.511. The van der Waals surface area contributed by atoms with E-state index >= 15 is 0 Å². The van der Waals surface area contributed by atoms with Crippen molar-refractivity contribution in [3.63, 3.8) is 0 Å². The zero-order valence-corrected chi connectivity index (χ0v) is 13.4. The first kappa shape index (κ1) is 15.5. The summed E-state index contributed by atoms with van der Waals surface area (Å²) in [5.74, 6) is 0.634. The molecule has 1 aliphatic heterocycles. The second-order valence-electron chi connectivity index (χ2n) is 6.01. The summed E-state index contributed by atoms with van der Waals surface area (Å²) in [5, 5.41) is 8.28. The summed E-state index contributed by atoms with van der Waals surface area (Å²) in [6.45, 7) is 9.43. The first-order valence-electron chi connectivity index (χ1n) is 7.93. The summed E-state index contributed by atoms with van der Waals surface area (Å²) in [5.41, 5.74) is 3.87. The fraction of sp³-hybridized carbons (Fsp3) is 0.812. The Balaban J connectivity index is 2.09. The molecule has 1 aliphatic rings. The summed E-state index contributed by atoms with van der Waals surface area (Å²) in [6.07, 6.45) is 4.72. The lowest BCUT2D eigenvalue weighted by molar-refractivity contribution is 0.0393. The number of nitrogens with one attached hydrogen (secondary N) is 1. The van der Waals surface area contributed by atoms with E-state index in [0.29, 0.717) is 12.0 Å². The lowest BCUT2D eigenvalue weighted by Gasteiger charge is -2.31. The van der Waals surface area contributed by atoms with Crippen molar-refractivity contribution in [2.75, 3.05) is 19.8 Å². The molecule has 4 heteroatoms. The molecule has 2 atom stereocenters. The maximum atomic E-state index is 5.69. The molecule has 0 aromatic carbocycles. The Labute approximate surface area is 122 Å². The van der Waals surface area contributed by atoms with Crippen molar-refractivity contribution in [1.82, 2.24) is 15.1 Å². The van der Waals surface area contributed by atoms with E-state index in [4.69, 9.17) is 4.74 Å². The van der Waals surface area contributed by atoms with E-state index in [1.54, 1.807) is 0 Å². The van der Waals surface area contributed by atoms with Crippen LogP contribution in [0.1, 0.15) is 43.1 Å². The number of ether oxygens (including phenoxy) is 1. The molecule has 1 fully saturated rings. The molecule has 20 heavy (non-hydrogen) atoms. The Kier molecular flexibility index (Phi) is 5.61. The minimum atomic E-state index is 0.511. The number of hydrogen-bond acceptors (Lipinski definition) is 3. The Hall–Kier alpha value is -0.870. The molecule has 114 valence electrons. The average Bonchev–Trinajstić information content (AvgIpc) is 2.70. The van der Waals surface area contributed by atoms with Gasteiger partial charge in [0.1, 0.15) is 0 Å². The van der Waals surface area contributed by atoms with Gasteiger partial charge in [0.2, 0.25) is 0 Å². The fourth-order valence-corrected chi connectivity index (χ4v) is 3.15. The van der Waals surface area contributed by atoms with Crippen LogP contribution in [0.5, 0.6) is 0 Å². The van der Waals surface area contributed by atoms with Crippen molar-refractivity contribution >= 4 is 0 Å². The highest BCUT2D eigenvalue weighted by Gasteiger charge is 2.25. The summed E-state index contributed by atoms with van der Waals surface area (Å²) < 4.78 is 7.68. The highest BCUT2D eigenvalue weighted by atomic mass is 16.5. The zero-order chi connectivity index (χ0) is 14.5. The maximum absolute atomic E-state index is 5.69. The monoisotopic (exact) mass is 279 g/mol. The first-order chi connectivity index (χ1) is 9.63. The molecule has 2 heterocycles. The van der Waals surface area contributed by atoms with Gasteiger partial charge in [-0.1, -0.05) is 6.92 Å². The van der Waals surface area contributed by atoms with Crippen LogP contribution in [0.2, 0.25) is 0 Å². The smallest absolute Gasteiger partial charge is 0.0628 e. The third-order valence-corrected chi connectivity index (χ3v) is 4.50. The lowest BCUT2D eigenvalue weighted by atomic mass is 9.88. The van der Waals surface area contributed by atoms with Gasteiger partial charge >= 0.3 is 0 Å². The molecule has 1 N–H and O–H groups in total. The van der Waals surface area contributed by atoms with Crippen LogP contribution in [0.25, 0.3) is 0 Å². The zero-order valence-electron chi connectivity index (χ0n) is 13.4. The lowest BCUT2D eigenvalue weighted by Crippen LogP contribution is -2.42. The van der Waals surface area contributed by atoms with Crippen LogP contribution in [0.15, 0.2) is 0 Å². The third kappa shape index (κ3) is 3.61. The van der Waals surface area contributed by atoms with E-state index in [1.165, 1.54) is 36.2 Å². The number of rotatable bonds is 6. The van der Waals surface area contributed by atoms with E-state index < -0.39 is 0 Å². The van der Waals surface area contributed by atoms with Crippen molar-refractivity contribution < 1.29 is 4.74 Å². The van der Waals surface area contributed by atoms with Crippen molar-refractivity contribution in [2.45, 2.75) is 52.5 Å². The minimum Gasteiger partial charge on any atom is -0.381 e. The molecule has 0 aliphatic carbocycles. The molecule has 1 saturated heterocycles. The molecule has 1 aromatic heterocycles. The molecule has 0 bridgehead atoms. The van der Waals surface area contributed by atoms with Crippen LogP contribution in [0, 0.1) is 19.8 Å². The first-order valence-corrected chi connectivity index (χ1v) is 7.93. The van der Waals surface area contributed by atoms with Gasteiger partial charge in [-0.25, -0.2) is 0 Å². The van der Waals surface area contributed by atoms with Gasteiger partial charge in [0.25, 0.3) is 0 Å². The SMILES string of the molecule is CCCNC(Cc1c(C)nn(C)c1C)C1CCCOC1. The largest absolute Gasteiger partial charge is 0.381 e. The Morgan fingerprint density at radius 1 is 1.45 bits per heavy atom. The topological polar surface area (TPSA) is 39.1 Å². The van der Waals surface area contributed by atoms with Crippen molar-refractivity contribution in [3.8, 4) is 0 Å². The van der Waals surface area contributed by atoms with Crippen LogP contribution in [0.3, 0.4) is 0 Å². The van der Waals surface area contributed by atoms with Gasteiger partial charge in [-0.05, 0) is 57.6 Å². The van der Waals surface area contributed by atoms with Crippen molar-refractivity contribution in [2.24, 2.45) is 13.0 Å². The minimum absolute atomic E-state index is 0.511. The number of nitrogens with zero attached hydrogens (tertiary/aromatic N) is 2. The molecule has 1 aromatic rings. The quantitative estimate of drug-likeness (QED) is 0.869. The molecule has 2 rings (SSSR count). The van der Waals surface area contributed by atoms with Crippen LogP contribution < -0.4 is 5.32 Å². The normalized spacial score (nSPS) is 21.1. The van der Waals surface area contributed by atoms with Crippen LogP contribution in [-0.4, -0.2) is 35.6 Å². The van der Waals surface area contributed by atoms with E-state index in [0.717, 1.165) is 26.2 Å². The molecular formula is C16H29N3O. The highest BCUT2D eigenvalue weighted by molar-refractivity contribution is 5.25. The summed E-state index contributed by atoms with van der Waals surface area (Å²) in [4.78, 5) is 0. The Morgan fingerprint density at radius 2 is 2.25 bits per heavy atom. The van der Waals surface area contributed by atoms with E-state index in [1.807, 2.05) is 11.7 Å². The van der Waals surface area contributed by atoms with Crippen molar-refractivity contribution in [3.05, 3.63) is 17.0 Å².